The zero-order valence-corrected chi connectivity index (χ0v) is 17.3. The van der Waals surface area contributed by atoms with Gasteiger partial charge in [-0.25, -0.2) is 0 Å². The van der Waals surface area contributed by atoms with E-state index in [1.165, 1.54) is 19.2 Å². The molecule has 2 aromatic carbocycles. The normalized spacial score (nSPS) is 15.8. The van der Waals surface area contributed by atoms with Crippen molar-refractivity contribution in [2.24, 2.45) is 0 Å². The SMILES string of the molecule is COc1c(O)ccc([C@H]2NC(=S)NC(C)=C2C(=O)Nc2ccc(C)cc2)c1[N+](=O)[O-]. The van der Waals surface area contributed by atoms with E-state index < -0.39 is 22.6 Å². The van der Waals surface area contributed by atoms with Gasteiger partial charge in [0.2, 0.25) is 5.75 Å². The van der Waals surface area contributed by atoms with Crippen LogP contribution in [0.5, 0.6) is 11.5 Å². The van der Waals surface area contributed by atoms with Crippen LogP contribution in [0.15, 0.2) is 47.7 Å². The Morgan fingerprint density at radius 3 is 2.50 bits per heavy atom. The monoisotopic (exact) mass is 428 g/mol. The van der Waals surface area contributed by atoms with Gasteiger partial charge < -0.3 is 25.8 Å². The van der Waals surface area contributed by atoms with Gasteiger partial charge in [0.05, 0.1) is 29.2 Å². The largest absolute Gasteiger partial charge is 0.504 e. The first-order valence-corrected chi connectivity index (χ1v) is 9.34. The minimum absolute atomic E-state index is 0.131. The molecule has 0 radical (unpaired) electrons. The number of methoxy groups -OCH3 is 1. The summed E-state index contributed by atoms with van der Waals surface area (Å²) in [5, 5.41) is 30.6. The lowest BCUT2D eigenvalue weighted by molar-refractivity contribution is -0.386. The number of nitro groups is 1. The Balaban J connectivity index is 2.09. The maximum atomic E-state index is 13.1. The van der Waals surface area contributed by atoms with Crippen LogP contribution in [0.2, 0.25) is 0 Å². The van der Waals surface area contributed by atoms with E-state index in [0.29, 0.717) is 11.4 Å². The van der Waals surface area contributed by atoms with Crippen molar-refractivity contribution in [2.75, 3.05) is 12.4 Å². The van der Waals surface area contributed by atoms with Gasteiger partial charge in [0.1, 0.15) is 0 Å². The predicted octanol–water partition coefficient (Wildman–Crippen LogP) is 3.05. The molecule has 10 heteroatoms. The summed E-state index contributed by atoms with van der Waals surface area (Å²) in [7, 11) is 1.22. The van der Waals surface area contributed by atoms with Crippen molar-refractivity contribution in [1.29, 1.82) is 0 Å². The smallest absolute Gasteiger partial charge is 0.320 e. The Morgan fingerprint density at radius 1 is 1.23 bits per heavy atom. The topological polar surface area (TPSA) is 126 Å². The lowest BCUT2D eigenvalue weighted by Crippen LogP contribution is -2.46. The van der Waals surface area contributed by atoms with Crippen LogP contribution in [0.25, 0.3) is 0 Å². The summed E-state index contributed by atoms with van der Waals surface area (Å²) in [6, 6.07) is 8.95. The molecule has 0 bridgehead atoms. The van der Waals surface area contributed by atoms with Crippen LogP contribution in [0.1, 0.15) is 24.1 Å². The van der Waals surface area contributed by atoms with Gasteiger partial charge in [0.25, 0.3) is 5.91 Å². The van der Waals surface area contributed by atoms with E-state index >= 15 is 0 Å². The molecule has 0 aromatic heterocycles. The van der Waals surface area contributed by atoms with Gasteiger partial charge in [0, 0.05) is 11.4 Å². The third kappa shape index (κ3) is 4.03. The van der Waals surface area contributed by atoms with Crippen molar-refractivity contribution in [3.05, 3.63) is 68.9 Å². The average Bonchev–Trinajstić information content (AvgIpc) is 2.68. The van der Waals surface area contributed by atoms with Crippen molar-refractivity contribution < 1.29 is 19.6 Å². The maximum absolute atomic E-state index is 13.1. The van der Waals surface area contributed by atoms with Crippen molar-refractivity contribution in [2.45, 2.75) is 19.9 Å². The van der Waals surface area contributed by atoms with Crippen LogP contribution in [0, 0.1) is 17.0 Å². The predicted molar refractivity (Wildman–Crippen MR) is 115 cm³/mol. The van der Waals surface area contributed by atoms with Crippen molar-refractivity contribution in [3.63, 3.8) is 0 Å². The number of nitro benzene ring substituents is 1. The van der Waals surface area contributed by atoms with Gasteiger partial charge in [-0.1, -0.05) is 17.7 Å². The van der Waals surface area contributed by atoms with E-state index in [-0.39, 0.29) is 27.7 Å². The van der Waals surface area contributed by atoms with Gasteiger partial charge >= 0.3 is 5.69 Å². The molecule has 4 N–H and O–H groups in total. The van der Waals surface area contributed by atoms with Gasteiger partial charge in [0.15, 0.2) is 10.9 Å². The Kier molecular flexibility index (Phi) is 5.88. The molecule has 3 rings (SSSR count). The Bertz CT molecular complexity index is 1070. The fraction of sp³-hybridized carbons (Fsp3) is 0.200. The molecule has 0 aliphatic carbocycles. The first-order valence-electron chi connectivity index (χ1n) is 8.93. The number of amides is 1. The number of carbonyl (C=O) groups is 1. The number of hydrogen-bond donors (Lipinski definition) is 4. The number of allylic oxidation sites excluding steroid dienone is 1. The molecule has 1 aliphatic rings. The highest BCUT2D eigenvalue weighted by Crippen LogP contribution is 2.43. The molecule has 30 heavy (non-hydrogen) atoms. The number of carbonyl (C=O) groups excluding carboxylic acids is 1. The molecule has 0 saturated heterocycles. The molecule has 0 fully saturated rings. The van der Waals surface area contributed by atoms with Crippen LogP contribution < -0.4 is 20.7 Å². The van der Waals surface area contributed by atoms with Crippen LogP contribution in [-0.4, -0.2) is 28.2 Å². The molecule has 1 heterocycles. The number of thiocarbonyl (C=S) groups is 1. The molecule has 156 valence electrons. The first kappa shape index (κ1) is 21.1. The number of benzene rings is 2. The molecular weight excluding hydrogens is 408 g/mol. The number of phenolic OH excluding ortho intramolecular Hbond substituents is 1. The lowest BCUT2D eigenvalue weighted by Gasteiger charge is -2.30. The standard InChI is InChI=1S/C20H20N4O5S/c1-10-4-6-12(7-5-10)22-19(26)15-11(2)21-20(30)23-16(15)13-8-9-14(25)18(29-3)17(13)24(27)28/h4-9,16,25H,1-3H3,(H,22,26)(H2,21,23,30)/t16-/m1/s1. The fourth-order valence-corrected chi connectivity index (χ4v) is 3.53. The second kappa shape index (κ2) is 8.37. The van der Waals surface area contributed by atoms with Crippen molar-refractivity contribution in [1.82, 2.24) is 10.6 Å². The number of aromatic hydroxyl groups is 1. The number of phenols is 1. The number of rotatable bonds is 5. The van der Waals surface area contributed by atoms with Crippen molar-refractivity contribution >= 4 is 34.6 Å². The zero-order valence-electron chi connectivity index (χ0n) is 16.5. The minimum Gasteiger partial charge on any atom is -0.504 e. The summed E-state index contributed by atoms with van der Waals surface area (Å²) >= 11 is 5.20. The molecule has 9 nitrogen and oxygen atoms in total. The summed E-state index contributed by atoms with van der Waals surface area (Å²) in [5.74, 6) is -1.12. The van der Waals surface area contributed by atoms with E-state index in [4.69, 9.17) is 17.0 Å². The Morgan fingerprint density at radius 2 is 1.90 bits per heavy atom. The Labute approximate surface area is 177 Å². The van der Waals surface area contributed by atoms with Gasteiger partial charge in [-0.3, -0.25) is 14.9 Å². The zero-order chi connectivity index (χ0) is 22.0. The van der Waals surface area contributed by atoms with E-state index in [1.54, 1.807) is 19.1 Å². The van der Waals surface area contributed by atoms with E-state index in [1.807, 2.05) is 19.1 Å². The first-order chi connectivity index (χ1) is 14.2. The quantitative estimate of drug-likeness (QED) is 0.325. The van der Waals surface area contributed by atoms with Crippen LogP contribution >= 0.6 is 12.2 Å². The fourth-order valence-electron chi connectivity index (χ4n) is 3.26. The van der Waals surface area contributed by atoms with Crippen LogP contribution in [-0.2, 0) is 4.79 Å². The van der Waals surface area contributed by atoms with E-state index in [9.17, 15) is 20.0 Å². The number of aryl methyl sites for hydroxylation is 1. The number of nitrogens with zero attached hydrogens (tertiary/aromatic N) is 1. The molecule has 1 amide bonds. The summed E-state index contributed by atoms with van der Waals surface area (Å²) < 4.78 is 5.04. The number of hydrogen-bond acceptors (Lipinski definition) is 6. The summed E-state index contributed by atoms with van der Waals surface area (Å²) in [6.07, 6.45) is 0. The molecule has 0 unspecified atom stereocenters. The van der Waals surface area contributed by atoms with Crippen LogP contribution in [0.4, 0.5) is 11.4 Å². The van der Waals surface area contributed by atoms with Gasteiger partial charge in [-0.15, -0.1) is 0 Å². The highest BCUT2D eigenvalue weighted by atomic mass is 32.1. The maximum Gasteiger partial charge on any atom is 0.320 e. The molecule has 0 spiro atoms. The highest BCUT2D eigenvalue weighted by molar-refractivity contribution is 7.80. The molecule has 2 aromatic rings. The summed E-state index contributed by atoms with van der Waals surface area (Å²) in [6.45, 7) is 3.59. The summed E-state index contributed by atoms with van der Waals surface area (Å²) in [4.78, 5) is 24.2. The third-order valence-electron chi connectivity index (χ3n) is 4.66. The minimum atomic E-state index is -0.931. The van der Waals surface area contributed by atoms with E-state index in [0.717, 1.165) is 5.56 Å². The number of ether oxygens (including phenoxy) is 1. The third-order valence-corrected chi connectivity index (χ3v) is 4.88. The lowest BCUT2D eigenvalue weighted by atomic mass is 9.93. The highest BCUT2D eigenvalue weighted by Gasteiger charge is 2.36. The van der Waals surface area contributed by atoms with E-state index in [2.05, 4.69) is 16.0 Å². The number of nitrogens with one attached hydrogen (secondary N) is 3. The molecule has 1 atom stereocenters. The van der Waals surface area contributed by atoms with Gasteiger partial charge in [-0.05, 0) is 50.3 Å². The molecule has 0 saturated carbocycles. The summed E-state index contributed by atoms with van der Waals surface area (Å²) in [5.41, 5.74) is 1.98. The average molecular weight is 428 g/mol. The molecular formula is C20H20N4O5S. The number of anilines is 1. The second-order valence-corrected chi connectivity index (χ2v) is 7.11. The molecule has 1 aliphatic heterocycles. The van der Waals surface area contributed by atoms with Crippen molar-refractivity contribution in [3.8, 4) is 11.5 Å². The van der Waals surface area contributed by atoms with Crippen LogP contribution in [0.3, 0.4) is 0 Å². The Hall–Kier alpha value is -3.66. The van der Waals surface area contributed by atoms with Gasteiger partial charge in [-0.2, -0.15) is 0 Å². The second-order valence-electron chi connectivity index (χ2n) is 6.70.